The molecule has 2 rings (SSSR count). The molecule has 1 saturated carbocycles. The first-order chi connectivity index (χ1) is 6.79. The summed E-state index contributed by atoms with van der Waals surface area (Å²) >= 11 is 5.81. The first-order valence-corrected chi connectivity index (χ1v) is 5.33. The summed E-state index contributed by atoms with van der Waals surface area (Å²) in [5, 5.41) is 0.780. The number of hydrogen-bond acceptors (Lipinski definition) is 1. The third-order valence-electron chi connectivity index (χ3n) is 2.56. The van der Waals surface area contributed by atoms with Crippen molar-refractivity contribution < 1.29 is 0 Å². The number of halogens is 1. The minimum absolute atomic E-state index is 0.674. The minimum Gasteiger partial charge on any atom is -0.327 e. The molecule has 0 bridgehead atoms. The average Bonchev–Trinajstić information content (AvgIpc) is 3.01. The third kappa shape index (κ3) is 2.37. The second-order valence-corrected chi connectivity index (χ2v) is 4.19. The molecule has 0 heterocycles. The monoisotopic (exact) mass is 207 g/mol. The van der Waals surface area contributed by atoms with Crippen LogP contribution in [0.25, 0.3) is 6.08 Å². The third-order valence-corrected chi connectivity index (χ3v) is 2.81. The molecule has 2 N–H and O–H groups in total. The van der Waals surface area contributed by atoms with E-state index in [4.69, 9.17) is 17.3 Å². The van der Waals surface area contributed by atoms with Crippen LogP contribution >= 0.6 is 11.6 Å². The van der Waals surface area contributed by atoms with Gasteiger partial charge >= 0.3 is 0 Å². The van der Waals surface area contributed by atoms with Crippen molar-refractivity contribution in [2.24, 2.45) is 11.7 Å². The van der Waals surface area contributed by atoms with E-state index in [-0.39, 0.29) is 0 Å². The van der Waals surface area contributed by atoms with Crippen LogP contribution in [0.15, 0.2) is 29.8 Å². The first-order valence-electron chi connectivity index (χ1n) is 4.95. The van der Waals surface area contributed by atoms with Gasteiger partial charge in [0, 0.05) is 11.6 Å². The van der Waals surface area contributed by atoms with Gasteiger partial charge in [0.15, 0.2) is 0 Å². The predicted molar refractivity (Wildman–Crippen MR) is 61.2 cm³/mol. The zero-order valence-corrected chi connectivity index (χ0v) is 8.80. The standard InChI is InChI=1S/C12H14ClN/c13-12-5-1-9(2-6-12)7-11(8-14)10-3-4-10/h1-2,5-7,10H,3-4,8,14H2/b11-7+. The fourth-order valence-electron chi connectivity index (χ4n) is 1.57. The summed E-state index contributed by atoms with van der Waals surface area (Å²) in [6.07, 6.45) is 4.79. The Bertz CT molecular complexity index is 336. The molecule has 1 aromatic carbocycles. The lowest BCUT2D eigenvalue weighted by Crippen LogP contribution is -2.04. The van der Waals surface area contributed by atoms with Crippen LogP contribution < -0.4 is 5.73 Å². The number of nitrogens with two attached hydrogens (primary N) is 1. The van der Waals surface area contributed by atoms with Gasteiger partial charge in [-0.15, -0.1) is 0 Å². The largest absolute Gasteiger partial charge is 0.327 e. The molecule has 74 valence electrons. The molecule has 0 aliphatic heterocycles. The molecule has 0 amide bonds. The summed E-state index contributed by atoms with van der Waals surface area (Å²) in [5.41, 5.74) is 8.26. The Hall–Kier alpha value is -0.790. The molecule has 1 nitrogen and oxygen atoms in total. The summed E-state index contributed by atoms with van der Waals surface area (Å²) in [4.78, 5) is 0. The van der Waals surface area contributed by atoms with Gasteiger partial charge in [-0.25, -0.2) is 0 Å². The Morgan fingerprint density at radius 2 is 2.00 bits per heavy atom. The fourth-order valence-corrected chi connectivity index (χ4v) is 1.70. The van der Waals surface area contributed by atoms with Gasteiger partial charge in [0.25, 0.3) is 0 Å². The Morgan fingerprint density at radius 1 is 1.36 bits per heavy atom. The van der Waals surface area contributed by atoms with Gasteiger partial charge in [-0.3, -0.25) is 0 Å². The quantitative estimate of drug-likeness (QED) is 0.810. The highest BCUT2D eigenvalue weighted by Crippen LogP contribution is 2.36. The molecule has 0 radical (unpaired) electrons. The normalized spacial score (nSPS) is 17.1. The van der Waals surface area contributed by atoms with Crippen LogP contribution in [-0.2, 0) is 0 Å². The molecular formula is C12H14ClN. The summed E-state index contributed by atoms with van der Waals surface area (Å²) < 4.78 is 0. The lowest BCUT2D eigenvalue weighted by atomic mass is 10.1. The van der Waals surface area contributed by atoms with Crippen molar-refractivity contribution in [2.45, 2.75) is 12.8 Å². The summed E-state index contributed by atoms with van der Waals surface area (Å²) in [7, 11) is 0. The Kier molecular flexibility index (Phi) is 2.90. The van der Waals surface area contributed by atoms with E-state index in [1.165, 1.54) is 24.0 Å². The van der Waals surface area contributed by atoms with Crippen molar-refractivity contribution in [3.8, 4) is 0 Å². The zero-order chi connectivity index (χ0) is 9.97. The average molecular weight is 208 g/mol. The highest BCUT2D eigenvalue weighted by atomic mass is 35.5. The maximum Gasteiger partial charge on any atom is 0.0406 e. The topological polar surface area (TPSA) is 26.0 Å². The van der Waals surface area contributed by atoms with Crippen molar-refractivity contribution in [2.75, 3.05) is 6.54 Å². The van der Waals surface area contributed by atoms with Crippen molar-refractivity contribution in [3.63, 3.8) is 0 Å². The Morgan fingerprint density at radius 3 is 2.50 bits per heavy atom. The van der Waals surface area contributed by atoms with E-state index in [0.29, 0.717) is 6.54 Å². The molecule has 14 heavy (non-hydrogen) atoms. The molecule has 0 aromatic heterocycles. The first kappa shape index (κ1) is 9.75. The van der Waals surface area contributed by atoms with Gasteiger partial charge in [0.2, 0.25) is 0 Å². The number of rotatable bonds is 3. The van der Waals surface area contributed by atoms with Gasteiger partial charge in [-0.2, -0.15) is 0 Å². The van der Waals surface area contributed by atoms with E-state index in [0.717, 1.165) is 10.9 Å². The highest BCUT2D eigenvalue weighted by molar-refractivity contribution is 6.30. The van der Waals surface area contributed by atoms with Gasteiger partial charge in [-0.05, 0) is 36.5 Å². The summed E-state index contributed by atoms with van der Waals surface area (Å²) in [6.45, 7) is 0.674. The molecule has 0 spiro atoms. The predicted octanol–water partition coefficient (Wildman–Crippen LogP) is 3.09. The fraction of sp³-hybridized carbons (Fsp3) is 0.333. The van der Waals surface area contributed by atoms with Crippen molar-refractivity contribution in [1.82, 2.24) is 0 Å². The van der Waals surface area contributed by atoms with E-state index in [1.807, 2.05) is 24.3 Å². The second kappa shape index (κ2) is 4.16. The van der Waals surface area contributed by atoms with Crippen molar-refractivity contribution >= 4 is 17.7 Å². The smallest absolute Gasteiger partial charge is 0.0406 e. The van der Waals surface area contributed by atoms with Crippen LogP contribution in [-0.4, -0.2) is 6.54 Å². The van der Waals surface area contributed by atoms with Crippen molar-refractivity contribution in [3.05, 3.63) is 40.4 Å². The van der Waals surface area contributed by atoms with E-state index >= 15 is 0 Å². The molecule has 1 aliphatic rings. The molecular weight excluding hydrogens is 194 g/mol. The van der Waals surface area contributed by atoms with E-state index in [1.54, 1.807) is 0 Å². The summed E-state index contributed by atoms with van der Waals surface area (Å²) in [6, 6.07) is 7.88. The lowest BCUT2D eigenvalue weighted by Gasteiger charge is -2.02. The van der Waals surface area contributed by atoms with Crippen LogP contribution in [0.2, 0.25) is 5.02 Å². The van der Waals surface area contributed by atoms with E-state index in [2.05, 4.69) is 6.08 Å². The molecule has 0 saturated heterocycles. The molecule has 1 fully saturated rings. The van der Waals surface area contributed by atoms with E-state index in [9.17, 15) is 0 Å². The maximum absolute atomic E-state index is 5.81. The molecule has 0 unspecified atom stereocenters. The van der Waals surface area contributed by atoms with Crippen LogP contribution in [0.3, 0.4) is 0 Å². The SMILES string of the molecule is NC/C(=C\c1ccc(Cl)cc1)C1CC1. The van der Waals surface area contributed by atoms with Gasteiger partial charge in [0.1, 0.15) is 0 Å². The second-order valence-electron chi connectivity index (χ2n) is 3.75. The lowest BCUT2D eigenvalue weighted by molar-refractivity contribution is 0.950. The minimum atomic E-state index is 0.674. The number of hydrogen-bond donors (Lipinski definition) is 1. The van der Waals surface area contributed by atoms with Crippen LogP contribution in [0.5, 0.6) is 0 Å². The Labute approximate surface area is 89.6 Å². The zero-order valence-electron chi connectivity index (χ0n) is 8.04. The van der Waals surface area contributed by atoms with E-state index < -0.39 is 0 Å². The van der Waals surface area contributed by atoms with Crippen LogP contribution in [0.1, 0.15) is 18.4 Å². The van der Waals surface area contributed by atoms with Gasteiger partial charge in [0.05, 0.1) is 0 Å². The van der Waals surface area contributed by atoms with Crippen molar-refractivity contribution in [1.29, 1.82) is 0 Å². The van der Waals surface area contributed by atoms with Gasteiger partial charge in [-0.1, -0.05) is 35.4 Å². The molecule has 1 aromatic rings. The highest BCUT2D eigenvalue weighted by Gasteiger charge is 2.24. The number of benzene rings is 1. The summed E-state index contributed by atoms with van der Waals surface area (Å²) in [5.74, 6) is 0.746. The van der Waals surface area contributed by atoms with Crippen LogP contribution in [0.4, 0.5) is 0 Å². The Balaban J connectivity index is 2.17. The molecule has 0 atom stereocenters. The molecule has 2 heteroatoms. The maximum atomic E-state index is 5.81. The van der Waals surface area contributed by atoms with Crippen LogP contribution in [0, 0.1) is 5.92 Å². The molecule has 1 aliphatic carbocycles. The van der Waals surface area contributed by atoms with Gasteiger partial charge < -0.3 is 5.73 Å².